The number of rotatable bonds is 0. The molecule has 0 aliphatic carbocycles. The summed E-state index contributed by atoms with van der Waals surface area (Å²) < 4.78 is 4.85. The van der Waals surface area contributed by atoms with Gasteiger partial charge in [0.2, 0.25) is 0 Å². The smallest absolute Gasteiger partial charge is 0.306 e. The van der Waals surface area contributed by atoms with Crippen LogP contribution in [0.15, 0.2) is 17.1 Å². The molecule has 0 radical (unpaired) electrons. The van der Waals surface area contributed by atoms with Crippen molar-refractivity contribution in [1.29, 1.82) is 0 Å². The molecule has 4 heteroatoms. The van der Waals surface area contributed by atoms with Gasteiger partial charge in [-0.05, 0) is 18.1 Å². The molecule has 0 spiro atoms. The number of H-pyrrole nitrogens is 1. The van der Waals surface area contributed by atoms with E-state index >= 15 is 0 Å². The quantitative estimate of drug-likeness (QED) is 0.585. The van der Waals surface area contributed by atoms with E-state index in [4.69, 9.17) is 4.74 Å². The van der Waals surface area contributed by atoms with E-state index in [0.29, 0.717) is 18.4 Å². The molecule has 1 aliphatic heterocycles. The van der Waals surface area contributed by atoms with Crippen molar-refractivity contribution < 1.29 is 9.53 Å². The number of fused-ring (bicyclic) bond motifs is 1. The van der Waals surface area contributed by atoms with Crippen molar-refractivity contribution in [3.63, 3.8) is 0 Å². The largest absolute Gasteiger partial charge is 0.461 e. The molecule has 1 aromatic rings. The monoisotopic (exact) mass is 179 g/mol. The fourth-order valence-electron chi connectivity index (χ4n) is 1.41. The molecule has 1 N–H and O–H groups in total. The molecular weight excluding hydrogens is 170 g/mol. The number of esters is 1. The minimum absolute atomic E-state index is 0.102. The van der Waals surface area contributed by atoms with Crippen LogP contribution in [0.3, 0.4) is 0 Å². The van der Waals surface area contributed by atoms with Gasteiger partial charge in [-0.15, -0.1) is 0 Å². The highest BCUT2D eigenvalue weighted by molar-refractivity contribution is 5.70. The van der Waals surface area contributed by atoms with Gasteiger partial charge >= 0.3 is 5.97 Å². The molecule has 1 aromatic heterocycles. The van der Waals surface area contributed by atoms with Crippen molar-refractivity contribution in [2.24, 2.45) is 0 Å². The number of cyclic esters (lactones) is 1. The lowest BCUT2D eigenvalue weighted by molar-refractivity contribution is -0.144. The van der Waals surface area contributed by atoms with Gasteiger partial charge in [-0.2, -0.15) is 0 Å². The van der Waals surface area contributed by atoms with Crippen LogP contribution in [0.5, 0.6) is 0 Å². The molecule has 0 atom stereocenters. The van der Waals surface area contributed by atoms with Crippen LogP contribution in [0.4, 0.5) is 0 Å². The zero-order valence-corrected chi connectivity index (χ0v) is 7.00. The van der Waals surface area contributed by atoms with Crippen LogP contribution in [0, 0.1) is 0 Å². The zero-order valence-electron chi connectivity index (χ0n) is 7.00. The topological polar surface area (TPSA) is 59.2 Å². The SMILES string of the molecule is O=C1CCc2cc[nH]c(=O)c2CO1. The third-order valence-corrected chi connectivity index (χ3v) is 2.14. The molecule has 1 aliphatic rings. The van der Waals surface area contributed by atoms with E-state index in [0.717, 1.165) is 5.56 Å². The molecule has 4 nitrogen and oxygen atoms in total. The van der Waals surface area contributed by atoms with Crippen molar-refractivity contribution in [1.82, 2.24) is 4.98 Å². The fraction of sp³-hybridized carbons (Fsp3) is 0.333. The summed E-state index contributed by atoms with van der Waals surface area (Å²) in [5, 5.41) is 0. The van der Waals surface area contributed by atoms with Crippen LogP contribution in [-0.4, -0.2) is 11.0 Å². The van der Waals surface area contributed by atoms with E-state index in [1.807, 2.05) is 6.07 Å². The zero-order chi connectivity index (χ0) is 9.26. The van der Waals surface area contributed by atoms with Crippen LogP contribution in [0.1, 0.15) is 17.5 Å². The Bertz CT molecular complexity index is 394. The summed E-state index contributed by atoms with van der Waals surface area (Å²) in [6.45, 7) is 0.102. The van der Waals surface area contributed by atoms with E-state index in [-0.39, 0.29) is 18.1 Å². The molecule has 0 amide bonds. The van der Waals surface area contributed by atoms with Crippen molar-refractivity contribution in [3.8, 4) is 0 Å². The highest BCUT2D eigenvalue weighted by atomic mass is 16.5. The van der Waals surface area contributed by atoms with Gasteiger partial charge in [0.15, 0.2) is 0 Å². The Labute approximate surface area is 74.5 Å². The lowest BCUT2D eigenvalue weighted by atomic mass is 10.1. The van der Waals surface area contributed by atoms with Crippen molar-refractivity contribution in [2.75, 3.05) is 0 Å². The summed E-state index contributed by atoms with van der Waals surface area (Å²) in [6.07, 6.45) is 2.55. The Balaban J connectivity index is 2.46. The van der Waals surface area contributed by atoms with E-state index < -0.39 is 0 Å². The highest BCUT2D eigenvalue weighted by Gasteiger charge is 2.15. The van der Waals surface area contributed by atoms with E-state index in [1.165, 1.54) is 0 Å². The van der Waals surface area contributed by atoms with Crippen molar-refractivity contribution >= 4 is 5.97 Å². The molecule has 13 heavy (non-hydrogen) atoms. The maximum absolute atomic E-state index is 11.3. The Kier molecular flexibility index (Phi) is 1.88. The Morgan fingerprint density at radius 2 is 2.15 bits per heavy atom. The maximum atomic E-state index is 11.3. The predicted octanol–water partition coefficient (Wildman–Crippen LogP) is 0.364. The van der Waals surface area contributed by atoms with Gasteiger partial charge in [-0.3, -0.25) is 9.59 Å². The van der Waals surface area contributed by atoms with Gasteiger partial charge in [-0.25, -0.2) is 0 Å². The van der Waals surface area contributed by atoms with Crippen LogP contribution in [0.2, 0.25) is 0 Å². The first-order chi connectivity index (χ1) is 6.27. The molecule has 0 aromatic carbocycles. The van der Waals surface area contributed by atoms with E-state index in [1.54, 1.807) is 6.20 Å². The normalized spacial score (nSPS) is 15.8. The Morgan fingerprint density at radius 3 is 3.00 bits per heavy atom. The number of hydrogen-bond acceptors (Lipinski definition) is 3. The Hall–Kier alpha value is -1.58. The van der Waals surface area contributed by atoms with Gasteiger partial charge in [-0.1, -0.05) is 0 Å². The molecule has 0 bridgehead atoms. The summed E-state index contributed by atoms with van der Waals surface area (Å²) in [5.74, 6) is -0.240. The standard InChI is InChI=1S/C9H9NO3/c11-8-2-1-6-3-4-10-9(12)7(6)5-13-8/h3-4H,1-2,5H2,(H,10,12). The van der Waals surface area contributed by atoms with Gasteiger partial charge < -0.3 is 9.72 Å². The van der Waals surface area contributed by atoms with Crippen LogP contribution >= 0.6 is 0 Å². The summed E-state index contributed by atoms with van der Waals surface area (Å²) in [4.78, 5) is 24.8. The third kappa shape index (κ3) is 1.47. The maximum Gasteiger partial charge on any atom is 0.306 e. The molecule has 0 saturated heterocycles. The van der Waals surface area contributed by atoms with Gasteiger partial charge in [0.1, 0.15) is 6.61 Å². The van der Waals surface area contributed by atoms with Crippen LogP contribution in [-0.2, 0) is 22.6 Å². The van der Waals surface area contributed by atoms with Gasteiger partial charge in [0.25, 0.3) is 5.56 Å². The fourth-order valence-corrected chi connectivity index (χ4v) is 1.41. The second-order valence-electron chi connectivity index (χ2n) is 2.97. The minimum Gasteiger partial charge on any atom is -0.461 e. The third-order valence-electron chi connectivity index (χ3n) is 2.14. The predicted molar refractivity (Wildman–Crippen MR) is 45.2 cm³/mol. The first kappa shape index (κ1) is 8.04. The lowest BCUT2D eigenvalue weighted by Gasteiger charge is -2.00. The average molecular weight is 179 g/mol. The second-order valence-corrected chi connectivity index (χ2v) is 2.97. The Morgan fingerprint density at radius 1 is 1.31 bits per heavy atom. The number of aromatic amines is 1. The summed E-state index contributed by atoms with van der Waals surface area (Å²) in [6, 6.07) is 1.82. The number of hydrogen-bond donors (Lipinski definition) is 1. The number of nitrogens with one attached hydrogen (secondary N) is 1. The van der Waals surface area contributed by atoms with Crippen LogP contribution in [0.25, 0.3) is 0 Å². The number of aryl methyl sites for hydroxylation is 1. The molecule has 0 unspecified atom stereocenters. The van der Waals surface area contributed by atoms with Crippen molar-refractivity contribution in [3.05, 3.63) is 33.7 Å². The number of ether oxygens (including phenoxy) is 1. The summed E-state index contributed by atoms with van der Waals surface area (Å²) in [5.41, 5.74) is 1.33. The number of pyridine rings is 1. The summed E-state index contributed by atoms with van der Waals surface area (Å²) >= 11 is 0. The highest BCUT2D eigenvalue weighted by Crippen LogP contribution is 2.12. The number of carbonyl (C=O) groups is 1. The van der Waals surface area contributed by atoms with E-state index in [2.05, 4.69) is 4.98 Å². The molecule has 2 rings (SSSR count). The minimum atomic E-state index is -0.240. The molecule has 0 saturated carbocycles. The average Bonchev–Trinajstić information content (AvgIpc) is 2.30. The molecule has 68 valence electrons. The molecule has 0 fully saturated rings. The van der Waals surface area contributed by atoms with Gasteiger partial charge in [0.05, 0.1) is 5.56 Å². The molecule has 2 heterocycles. The molecular formula is C9H9NO3. The number of aromatic nitrogens is 1. The first-order valence-electron chi connectivity index (χ1n) is 4.12. The van der Waals surface area contributed by atoms with Gasteiger partial charge in [0, 0.05) is 12.6 Å². The first-order valence-corrected chi connectivity index (χ1v) is 4.12. The lowest BCUT2D eigenvalue weighted by Crippen LogP contribution is -2.14. The van der Waals surface area contributed by atoms with Crippen LogP contribution < -0.4 is 5.56 Å². The van der Waals surface area contributed by atoms with E-state index in [9.17, 15) is 9.59 Å². The van der Waals surface area contributed by atoms with Crippen molar-refractivity contribution in [2.45, 2.75) is 19.4 Å². The number of carbonyl (C=O) groups excluding carboxylic acids is 1. The summed E-state index contributed by atoms with van der Waals surface area (Å²) in [7, 11) is 0. The second kappa shape index (κ2) is 3.05.